The van der Waals surface area contributed by atoms with Gasteiger partial charge in [-0.05, 0) is 43.5 Å². The van der Waals surface area contributed by atoms with E-state index in [-0.39, 0.29) is 0 Å². The molecule has 0 aliphatic heterocycles. The molecule has 0 spiro atoms. The summed E-state index contributed by atoms with van der Waals surface area (Å²) < 4.78 is 1.12. The molecule has 0 bridgehead atoms. The molecule has 0 radical (unpaired) electrons. The van der Waals surface area contributed by atoms with Crippen molar-refractivity contribution in [2.45, 2.75) is 19.3 Å². The van der Waals surface area contributed by atoms with Gasteiger partial charge >= 0.3 is 0 Å². The normalized spacial score (nSPS) is 11.1. The number of para-hydroxylation sites is 1. The van der Waals surface area contributed by atoms with Gasteiger partial charge in [0.25, 0.3) is 0 Å². The molecule has 1 aromatic heterocycles. The van der Waals surface area contributed by atoms with Crippen LogP contribution in [0.4, 0.5) is 0 Å². The topological polar surface area (TPSA) is 41.8 Å². The first-order valence-corrected chi connectivity index (χ1v) is 8.15. The average Bonchev–Trinajstić information content (AvgIpc) is 2.87. The standard InChI is InChI=1S/C18H19BrN2/c19-16-10-3-1-9-15(16)18-14(8-5-6-12-20)13-7-2-4-11-17(13)21-18/h1-4,7,9-11,21H,5-6,8,12,20H2. The number of hydrogen-bond donors (Lipinski definition) is 2. The lowest BCUT2D eigenvalue weighted by molar-refractivity contribution is 0.748. The van der Waals surface area contributed by atoms with E-state index in [2.05, 4.69) is 63.4 Å². The predicted molar refractivity (Wildman–Crippen MR) is 93.4 cm³/mol. The second-order valence-corrected chi connectivity index (χ2v) is 6.10. The molecule has 108 valence electrons. The number of benzene rings is 2. The summed E-state index contributed by atoms with van der Waals surface area (Å²) in [5, 5.41) is 1.32. The SMILES string of the molecule is NCCCCc1c(-c2ccccc2Br)[nH]c2ccccc12. The van der Waals surface area contributed by atoms with Gasteiger partial charge in [-0.2, -0.15) is 0 Å². The van der Waals surface area contributed by atoms with Crippen LogP contribution in [-0.4, -0.2) is 11.5 Å². The Bertz CT molecular complexity index is 746. The second kappa shape index (κ2) is 6.46. The maximum absolute atomic E-state index is 5.64. The Balaban J connectivity index is 2.12. The third-order valence-corrected chi connectivity index (χ3v) is 4.53. The van der Waals surface area contributed by atoms with Crippen LogP contribution in [0.3, 0.4) is 0 Å². The van der Waals surface area contributed by atoms with Gasteiger partial charge in [0.15, 0.2) is 0 Å². The van der Waals surface area contributed by atoms with Crippen molar-refractivity contribution in [1.29, 1.82) is 0 Å². The van der Waals surface area contributed by atoms with E-state index >= 15 is 0 Å². The van der Waals surface area contributed by atoms with Crippen LogP contribution in [0.15, 0.2) is 53.0 Å². The second-order valence-electron chi connectivity index (χ2n) is 5.25. The number of aromatic amines is 1. The van der Waals surface area contributed by atoms with Crippen LogP contribution < -0.4 is 5.73 Å². The summed E-state index contributed by atoms with van der Waals surface area (Å²) in [7, 11) is 0. The van der Waals surface area contributed by atoms with Gasteiger partial charge in [-0.1, -0.05) is 52.3 Å². The van der Waals surface area contributed by atoms with E-state index < -0.39 is 0 Å². The lowest BCUT2D eigenvalue weighted by atomic mass is 10.0. The minimum atomic E-state index is 0.757. The highest BCUT2D eigenvalue weighted by molar-refractivity contribution is 9.10. The third-order valence-electron chi connectivity index (χ3n) is 3.84. The first kappa shape index (κ1) is 14.4. The van der Waals surface area contributed by atoms with Crippen LogP contribution in [0.5, 0.6) is 0 Å². The van der Waals surface area contributed by atoms with E-state index in [0.717, 1.165) is 30.3 Å². The summed E-state index contributed by atoms with van der Waals surface area (Å²) >= 11 is 3.67. The zero-order valence-corrected chi connectivity index (χ0v) is 13.5. The van der Waals surface area contributed by atoms with E-state index in [1.165, 1.54) is 27.7 Å². The summed E-state index contributed by atoms with van der Waals surface area (Å²) in [6.07, 6.45) is 3.24. The van der Waals surface area contributed by atoms with Gasteiger partial charge in [0.05, 0.1) is 5.69 Å². The summed E-state index contributed by atoms with van der Waals surface area (Å²) in [6.45, 7) is 0.757. The molecule has 3 heteroatoms. The molecule has 0 unspecified atom stereocenters. The number of nitrogens with two attached hydrogens (primary N) is 1. The Hall–Kier alpha value is -1.58. The van der Waals surface area contributed by atoms with Crippen LogP contribution in [0.1, 0.15) is 18.4 Å². The third kappa shape index (κ3) is 2.89. The molecular weight excluding hydrogens is 324 g/mol. The fourth-order valence-electron chi connectivity index (χ4n) is 2.80. The van der Waals surface area contributed by atoms with E-state index in [0.29, 0.717) is 0 Å². The van der Waals surface area contributed by atoms with Crippen molar-refractivity contribution in [2.75, 3.05) is 6.54 Å². The van der Waals surface area contributed by atoms with E-state index in [9.17, 15) is 0 Å². The highest BCUT2D eigenvalue weighted by Crippen LogP contribution is 2.35. The molecular formula is C18H19BrN2. The number of rotatable bonds is 5. The van der Waals surface area contributed by atoms with E-state index in [1.54, 1.807) is 0 Å². The molecule has 0 fully saturated rings. The summed E-state index contributed by atoms with van der Waals surface area (Å²) in [5.74, 6) is 0. The zero-order valence-electron chi connectivity index (χ0n) is 11.9. The predicted octanol–water partition coefficient (Wildman–Crippen LogP) is 4.88. The Morgan fingerprint density at radius 2 is 1.71 bits per heavy atom. The molecule has 0 aliphatic carbocycles. The highest BCUT2D eigenvalue weighted by Gasteiger charge is 2.14. The number of hydrogen-bond acceptors (Lipinski definition) is 1. The number of unbranched alkanes of at least 4 members (excludes halogenated alkanes) is 1. The number of H-pyrrole nitrogens is 1. The van der Waals surface area contributed by atoms with Crippen molar-refractivity contribution >= 4 is 26.8 Å². The van der Waals surface area contributed by atoms with Crippen molar-refractivity contribution in [3.8, 4) is 11.3 Å². The number of aromatic nitrogens is 1. The Morgan fingerprint density at radius 3 is 2.52 bits per heavy atom. The van der Waals surface area contributed by atoms with Crippen LogP contribution in [0.25, 0.3) is 22.2 Å². The van der Waals surface area contributed by atoms with Crippen molar-refractivity contribution in [3.05, 3.63) is 58.6 Å². The van der Waals surface area contributed by atoms with Gasteiger partial charge in [-0.3, -0.25) is 0 Å². The number of fused-ring (bicyclic) bond motifs is 1. The molecule has 0 atom stereocenters. The van der Waals surface area contributed by atoms with Crippen LogP contribution >= 0.6 is 15.9 Å². The number of halogens is 1. The molecule has 2 nitrogen and oxygen atoms in total. The summed E-state index contributed by atoms with van der Waals surface area (Å²) in [4.78, 5) is 3.59. The average molecular weight is 343 g/mol. The Kier molecular flexibility index (Phi) is 4.42. The first-order chi connectivity index (χ1) is 10.3. The lowest BCUT2D eigenvalue weighted by Gasteiger charge is -2.07. The van der Waals surface area contributed by atoms with Gasteiger partial charge in [-0.15, -0.1) is 0 Å². The molecule has 21 heavy (non-hydrogen) atoms. The summed E-state index contributed by atoms with van der Waals surface area (Å²) in [5.41, 5.74) is 10.7. The minimum Gasteiger partial charge on any atom is -0.354 e. The van der Waals surface area contributed by atoms with Crippen molar-refractivity contribution in [2.24, 2.45) is 5.73 Å². The lowest BCUT2D eigenvalue weighted by Crippen LogP contribution is -1.99. The van der Waals surface area contributed by atoms with Crippen molar-refractivity contribution in [1.82, 2.24) is 4.98 Å². The molecule has 2 aromatic carbocycles. The molecule has 3 rings (SSSR count). The number of aryl methyl sites for hydroxylation is 1. The van der Waals surface area contributed by atoms with Crippen LogP contribution in [0.2, 0.25) is 0 Å². The zero-order chi connectivity index (χ0) is 14.7. The minimum absolute atomic E-state index is 0.757. The van der Waals surface area contributed by atoms with Gasteiger partial charge in [0.2, 0.25) is 0 Å². The summed E-state index contributed by atoms with van der Waals surface area (Å²) in [6, 6.07) is 16.9. The van der Waals surface area contributed by atoms with Gasteiger partial charge < -0.3 is 10.7 Å². The Labute approximate surface area is 133 Å². The maximum Gasteiger partial charge on any atom is 0.0508 e. The van der Waals surface area contributed by atoms with E-state index in [1.807, 2.05) is 6.07 Å². The van der Waals surface area contributed by atoms with Gasteiger partial charge in [0.1, 0.15) is 0 Å². The quantitative estimate of drug-likeness (QED) is 0.637. The largest absolute Gasteiger partial charge is 0.354 e. The number of nitrogens with one attached hydrogen (secondary N) is 1. The van der Waals surface area contributed by atoms with Gasteiger partial charge in [0, 0.05) is 20.9 Å². The molecule has 0 saturated heterocycles. The van der Waals surface area contributed by atoms with Gasteiger partial charge in [-0.25, -0.2) is 0 Å². The highest BCUT2D eigenvalue weighted by atomic mass is 79.9. The van der Waals surface area contributed by atoms with Crippen LogP contribution in [-0.2, 0) is 6.42 Å². The molecule has 0 saturated carbocycles. The van der Waals surface area contributed by atoms with Crippen LogP contribution in [0, 0.1) is 0 Å². The molecule has 0 amide bonds. The smallest absolute Gasteiger partial charge is 0.0508 e. The van der Waals surface area contributed by atoms with Crippen molar-refractivity contribution < 1.29 is 0 Å². The fraction of sp³-hybridized carbons (Fsp3) is 0.222. The molecule has 3 N–H and O–H groups in total. The molecule has 0 aliphatic rings. The monoisotopic (exact) mass is 342 g/mol. The first-order valence-electron chi connectivity index (χ1n) is 7.36. The molecule has 3 aromatic rings. The Morgan fingerprint density at radius 1 is 0.952 bits per heavy atom. The molecule has 1 heterocycles. The van der Waals surface area contributed by atoms with E-state index in [4.69, 9.17) is 5.73 Å². The maximum atomic E-state index is 5.64. The van der Waals surface area contributed by atoms with Crippen molar-refractivity contribution in [3.63, 3.8) is 0 Å². The fourth-order valence-corrected chi connectivity index (χ4v) is 3.28.